The Bertz CT molecular complexity index is 933. The van der Waals surface area contributed by atoms with Crippen molar-refractivity contribution in [3.63, 3.8) is 0 Å². The van der Waals surface area contributed by atoms with E-state index in [1.165, 1.54) is 4.57 Å². The molecular formula is C18H18N4O2. The van der Waals surface area contributed by atoms with Gasteiger partial charge in [0.25, 0.3) is 11.5 Å². The number of fused-ring (bicyclic) bond motifs is 1. The molecule has 6 nitrogen and oxygen atoms in total. The molecule has 1 N–H and O–H groups in total. The van der Waals surface area contributed by atoms with Crippen molar-refractivity contribution in [1.82, 2.24) is 19.9 Å². The molecule has 122 valence electrons. The molecule has 0 fully saturated rings. The normalized spacial score (nSPS) is 11.0. The standard InChI is InChI=1S/C18H18N4O2/c1-12(2)20-17(23)15-18(24)22(11-13-7-4-3-5-8-13)16-14(21-15)9-6-10-19-16/h3-10,12H,11H2,1-2H3,(H,20,23). The highest BCUT2D eigenvalue weighted by atomic mass is 16.2. The first-order valence-electron chi connectivity index (χ1n) is 7.76. The van der Waals surface area contributed by atoms with Crippen LogP contribution in [-0.4, -0.2) is 26.5 Å². The Hall–Kier alpha value is -3.02. The van der Waals surface area contributed by atoms with Crippen molar-refractivity contribution in [3.05, 3.63) is 70.3 Å². The van der Waals surface area contributed by atoms with Crippen LogP contribution < -0.4 is 10.9 Å². The lowest BCUT2D eigenvalue weighted by Crippen LogP contribution is -2.38. The Morgan fingerprint density at radius 3 is 2.62 bits per heavy atom. The number of nitrogens with one attached hydrogen (secondary N) is 1. The molecule has 0 saturated carbocycles. The maximum absolute atomic E-state index is 12.8. The first kappa shape index (κ1) is 15.9. The van der Waals surface area contributed by atoms with Crippen molar-refractivity contribution < 1.29 is 4.79 Å². The van der Waals surface area contributed by atoms with Gasteiger partial charge in [0.05, 0.1) is 6.54 Å². The first-order valence-corrected chi connectivity index (χ1v) is 7.76. The van der Waals surface area contributed by atoms with Gasteiger partial charge >= 0.3 is 0 Å². The summed E-state index contributed by atoms with van der Waals surface area (Å²) < 4.78 is 1.49. The van der Waals surface area contributed by atoms with Gasteiger partial charge < -0.3 is 5.32 Å². The van der Waals surface area contributed by atoms with Crippen molar-refractivity contribution in [2.75, 3.05) is 0 Å². The SMILES string of the molecule is CC(C)NC(=O)c1nc2cccnc2n(Cc2ccccc2)c1=O. The molecule has 0 aliphatic rings. The van der Waals surface area contributed by atoms with E-state index in [1.54, 1.807) is 18.3 Å². The zero-order chi connectivity index (χ0) is 17.1. The third-order valence-corrected chi connectivity index (χ3v) is 3.52. The van der Waals surface area contributed by atoms with Crippen LogP contribution in [0.1, 0.15) is 29.9 Å². The topological polar surface area (TPSA) is 76.9 Å². The Balaban J connectivity index is 2.17. The third kappa shape index (κ3) is 3.17. The smallest absolute Gasteiger partial charge is 0.284 e. The Morgan fingerprint density at radius 2 is 1.92 bits per heavy atom. The summed E-state index contributed by atoms with van der Waals surface area (Å²) in [5.41, 5.74) is 1.38. The van der Waals surface area contributed by atoms with Crippen molar-refractivity contribution in [1.29, 1.82) is 0 Å². The van der Waals surface area contributed by atoms with Gasteiger partial charge in [-0.1, -0.05) is 30.3 Å². The Kier molecular flexibility index (Phi) is 4.37. The Morgan fingerprint density at radius 1 is 1.17 bits per heavy atom. The second-order valence-electron chi connectivity index (χ2n) is 5.81. The molecule has 0 aliphatic heterocycles. The van der Waals surface area contributed by atoms with Crippen LogP contribution in [0.2, 0.25) is 0 Å². The number of rotatable bonds is 4. The number of aromatic nitrogens is 3. The summed E-state index contributed by atoms with van der Waals surface area (Å²) in [6.45, 7) is 4.00. The second-order valence-corrected chi connectivity index (χ2v) is 5.81. The van der Waals surface area contributed by atoms with E-state index in [9.17, 15) is 9.59 Å². The fraction of sp³-hybridized carbons (Fsp3) is 0.222. The highest BCUT2D eigenvalue weighted by Crippen LogP contribution is 2.10. The number of benzene rings is 1. The van der Waals surface area contributed by atoms with E-state index in [2.05, 4.69) is 15.3 Å². The van der Waals surface area contributed by atoms with Gasteiger partial charge in [0.2, 0.25) is 0 Å². The molecule has 3 rings (SSSR count). The predicted molar refractivity (Wildman–Crippen MR) is 91.9 cm³/mol. The molecular weight excluding hydrogens is 304 g/mol. The number of hydrogen-bond acceptors (Lipinski definition) is 4. The highest BCUT2D eigenvalue weighted by Gasteiger charge is 2.18. The van der Waals surface area contributed by atoms with Gasteiger partial charge in [0, 0.05) is 12.2 Å². The van der Waals surface area contributed by atoms with E-state index in [0.717, 1.165) is 5.56 Å². The van der Waals surface area contributed by atoms with Crippen LogP contribution in [0.5, 0.6) is 0 Å². The molecule has 6 heteroatoms. The van der Waals surface area contributed by atoms with Crippen LogP contribution in [0.25, 0.3) is 11.2 Å². The largest absolute Gasteiger partial charge is 0.348 e. The molecule has 0 spiro atoms. The molecule has 1 aromatic carbocycles. The van der Waals surface area contributed by atoms with E-state index >= 15 is 0 Å². The van der Waals surface area contributed by atoms with Crippen LogP contribution in [0, 0.1) is 0 Å². The lowest BCUT2D eigenvalue weighted by molar-refractivity contribution is 0.0936. The van der Waals surface area contributed by atoms with E-state index in [1.807, 2.05) is 44.2 Å². The van der Waals surface area contributed by atoms with Crippen LogP contribution in [-0.2, 0) is 6.54 Å². The highest BCUT2D eigenvalue weighted by molar-refractivity contribution is 5.93. The molecule has 0 unspecified atom stereocenters. The maximum Gasteiger partial charge on any atom is 0.284 e. The van der Waals surface area contributed by atoms with E-state index < -0.39 is 11.5 Å². The zero-order valence-electron chi connectivity index (χ0n) is 13.6. The fourth-order valence-corrected chi connectivity index (χ4v) is 2.47. The average Bonchev–Trinajstić information content (AvgIpc) is 2.57. The minimum absolute atomic E-state index is 0.0779. The monoisotopic (exact) mass is 322 g/mol. The molecule has 0 radical (unpaired) electrons. The number of carbonyl (C=O) groups is 1. The third-order valence-electron chi connectivity index (χ3n) is 3.52. The van der Waals surface area contributed by atoms with E-state index in [0.29, 0.717) is 17.7 Å². The molecule has 0 aliphatic carbocycles. The van der Waals surface area contributed by atoms with Crippen LogP contribution >= 0.6 is 0 Å². The number of pyridine rings is 1. The summed E-state index contributed by atoms with van der Waals surface area (Å²) in [6, 6.07) is 13.0. The average molecular weight is 322 g/mol. The van der Waals surface area contributed by atoms with Crippen LogP contribution in [0.15, 0.2) is 53.5 Å². The molecule has 0 bridgehead atoms. The summed E-state index contributed by atoms with van der Waals surface area (Å²) in [6.07, 6.45) is 1.61. The molecule has 2 aromatic heterocycles. The van der Waals surface area contributed by atoms with Gasteiger partial charge in [-0.25, -0.2) is 9.97 Å². The summed E-state index contributed by atoms with van der Waals surface area (Å²) in [4.78, 5) is 33.6. The molecule has 1 amide bonds. The number of amides is 1. The van der Waals surface area contributed by atoms with Gasteiger partial charge in [-0.15, -0.1) is 0 Å². The number of carbonyl (C=O) groups excluding carboxylic acids is 1. The lowest BCUT2D eigenvalue weighted by atomic mass is 10.2. The molecule has 0 atom stereocenters. The quantitative estimate of drug-likeness (QED) is 0.797. The summed E-state index contributed by atoms with van der Waals surface area (Å²) in [5, 5.41) is 2.72. The minimum atomic E-state index is -0.470. The van der Waals surface area contributed by atoms with Gasteiger partial charge in [0.1, 0.15) is 5.52 Å². The Labute approximate surface area is 139 Å². The van der Waals surface area contributed by atoms with Crippen molar-refractivity contribution in [2.45, 2.75) is 26.4 Å². The zero-order valence-corrected chi connectivity index (χ0v) is 13.6. The fourth-order valence-electron chi connectivity index (χ4n) is 2.47. The lowest BCUT2D eigenvalue weighted by Gasteiger charge is -2.12. The second kappa shape index (κ2) is 6.62. The molecule has 0 saturated heterocycles. The molecule has 2 heterocycles. The summed E-state index contributed by atoms with van der Waals surface area (Å²) in [7, 11) is 0. The van der Waals surface area contributed by atoms with E-state index in [-0.39, 0.29) is 11.7 Å². The first-order chi connectivity index (χ1) is 11.6. The molecule has 24 heavy (non-hydrogen) atoms. The predicted octanol–water partition coefficient (Wildman–Crippen LogP) is 1.98. The van der Waals surface area contributed by atoms with Crippen molar-refractivity contribution >= 4 is 17.1 Å². The van der Waals surface area contributed by atoms with Gasteiger partial charge in [0.15, 0.2) is 11.3 Å². The van der Waals surface area contributed by atoms with Crippen molar-refractivity contribution in [3.8, 4) is 0 Å². The maximum atomic E-state index is 12.8. The van der Waals surface area contributed by atoms with Gasteiger partial charge in [-0.2, -0.15) is 0 Å². The van der Waals surface area contributed by atoms with Gasteiger partial charge in [-0.05, 0) is 31.5 Å². The number of hydrogen-bond donors (Lipinski definition) is 1. The summed E-state index contributed by atoms with van der Waals surface area (Å²) >= 11 is 0. The minimum Gasteiger partial charge on any atom is -0.348 e. The number of nitrogens with zero attached hydrogens (tertiary/aromatic N) is 3. The van der Waals surface area contributed by atoms with Crippen LogP contribution in [0.3, 0.4) is 0 Å². The van der Waals surface area contributed by atoms with Gasteiger partial charge in [-0.3, -0.25) is 14.2 Å². The van der Waals surface area contributed by atoms with Crippen molar-refractivity contribution in [2.24, 2.45) is 0 Å². The summed E-state index contributed by atoms with van der Waals surface area (Å²) in [5.74, 6) is -0.470. The van der Waals surface area contributed by atoms with Crippen LogP contribution in [0.4, 0.5) is 0 Å². The van der Waals surface area contributed by atoms with E-state index in [4.69, 9.17) is 0 Å². The molecule has 3 aromatic rings.